The van der Waals surface area contributed by atoms with Gasteiger partial charge >= 0.3 is 0 Å². The Labute approximate surface area is 181 Å². The lowest BCUT2D eigenvalue weighted by Crippen LogP contribution is -2.12. The summed E-state index contributed by atoms with van der Waals surface area (Å²) in [6.07, 6.45) is 12.2. The van der Waals surface area contributed by atoms with Crippen molar-refractivity contribution in [2.24, 2.45) is 0 Å². The second kappa shape index (κ2) is 11.5. The fourth-order valence-electron chi connectivity index (χ4n) is 3.64. The summed E-state index contributed by atoms with van der Waals surface area (Å²) in [5.41, 5.74) is 4.85. The fourth-order valence-corrected chi connectivity index (χ4v) is 3.64. The number of rotatable bonds is 11. The van der Waals surface area contributed by atoms with Crippen molar-refractivity contribution >= 4 is 0 Å². The van der Waals surface area contributed by atoms with Crippen molar-refractivity contribution in [1.82, 2.24) is 9.97 Å². The Bertz CT molecular complexity index is 870. The highest BCUT2D eigenvalue weighted by Crippen LogP contribution is 2.24. The predicted octanol–water partition coefficient (Wildman–Crippen LogP) is 7.50. The molecule has 0 bridgehead atoms. The van der Waals surface area contributed by atoms with Gasteiger partial charge < -0.3 is 4.74 Å². The molecule has 30 heavy (non-hydrogen) atoms. The molecule has 1 aromatic heterocycles. The molecule has 0 unspecified atom stereocenters. The Balaban J connectivity index is 1.58. The first-order chi connectivity index (χ1) is 14.7. The van der Waals surface area contributed by atoms with Crippen molar-refractivity contribution in [2.45, 2.75) is 71.8 Å². The van der Waals surface area contributed by atoms with E-state index in [4.69, 9.17) is 4.74 Å². The lowest BCUT2D eigenvalue weighted by atomic mass is 10.0. The van der Waals surface area contributed by atoms with Crippen molar-refractivity contribution in [3.63, 3.8) is 0 Å². The summed E-state index contributed by atoms with van der Waals surface area (Å²) < 4.78 is 5.96. The molecular weight excluding hydrogens is 368 g/mol. The van der Waals surface area contributed by atoms with Gasteiger partial charge in [-0.3, -0.25) is 0 Å². The zero-order valence-corrected chi connectivity index (χ0v) is 18.6. The minimum atomic E-state index is 0.194. The first-order valence-electron chi connectivity index (χ1n) is 11.4. The monoisotopic (exact) mass is 402 g/mol. The molecule has 0 aliphatic carbocycles. The molecule has 0 amide bonds. The topological polar surface area (TPSA) is 35.0 Å². The van der Waals surface area contributed by atoms with Crippen LogP contribution in [0.15, 0.2) is 60.9 Å². The number of ether oxygens (including phenoxy) is 1. The fraction of sp³-hybridized carbons (Fsp3) is 0.407. The summed E-state index contributed by atoms with van der Waals surface area (Å²) >= 11 is 0. The van der Waals surface area contributed by atoms with Gasteiger partial charge in [-0.2, -0.15) is 0 Å². The number of hydrogen-bond acceptors (Lipinski definition) is 3. The summed E-state index contributed by atoms with van der Waals surface area (Å²) in [6.45, 7) is 6.56. The molecule has 0 N–H and O–H groups in total. The van der Waals surface area contributed by atoms with Gasteiger partial charge in [-0.25, -0.2) is 9.97 Å². The van der Waals surface area contributed by atoms with Gasteiger partial charge in [0, 0.05) is 5.56 Å². The minimum Gasteiger partial charge on any atom is -0.487 e. The molecule has 0 aliphatic rings. The van der Waals surface area contributed by atoms with Gasteiger partial charge in [-0.05, 0) is 42.9 Å². The molecule has 3 nitrogen and oxygen atoms in total. The van der Waals surface area contributed by atoms with Crippen LogP contribution in [0.5, 0.6) is 5.75 Å². The smallest absolute Gasteiger partial charge is 0.159 e. The second-order valence-electron chi connectivity index (χ2n) is 8.04. The van der Waals surface area contributed by atoms with E-state index < -0.39 is 0 Å². The molecule has 0 aliphatic heterocycles. The molecule has 3 heteroatoms. The Hall–Kier alpha value is -2.68. The quantitative estimate of drug-likeness (QED) is 0.311. The zero-order valence-electron chi connectivity index (χ0n) is 18.6. The van der Waals surface area contributed by atoms with Crippen molar-refractivity contribution in [1.29, 1.82) is 0 Å². The zero-order chi connectivity index (χ0) is 21.2. The van der Waals surface area contributed by atoms with Crippen LogP contribution in [0.25, 0.3) is 22.5 Å². The molecule has 0 radical (unpaired) electrons. The highest BCUT2D eigenvalue weighted by atomic mass is 16.5. The third-order valence-corrected chi connectivity index (χ3v) is 5.40. The lowest BCUT2D eigenvalue weighted by molar-refractivity contribution is 0.205. The second-order valence-corrected chi connectivity index (χ2v) is 8.04. The van der Waals surface area contributed by atoms with E-state index in [2.05, 4.69) is 79.3 Å². The van der Waals surface area contributed by atoms with Crippen molar-refractivity contribution < 1.29 is 4.74 Å². The van der Waals surface area contributed by atoms with E-state index in [-0.39, 0.29) is 6.10 Å². The van der Waals surface area contributed by atoms with E-state index in [1.54, 1.807) is 12.4 Å². The van der Waals surface area contributed by atoms with E-state index in [1.807, 2.05) is 0 Å². The largest absolute Gasteiger partial charge is 0.487 e. The van der Waals surface area contributed by atoms with Gasteiger partial charge in [0.25, 0.3) is 0 Å². The van der Waals surface area contributed by atoms with E-state index in [0.717, 1.165) is 30.0 Å². The third kappa shape index (κ3) is 6.41. The Morgan fingerprint density at radius 3 is 1.93 bits per heavy atom. The van der Waals surface area contributed by atoms with Crippen LogP contribution in [0.2, 0.25) is 0 Å². The highest BCUT2D eigenvalue weighted by molar-refractivity contribution is 5.67. The molecule has 3 rings (SSSR count). The number of aromatic nitrogens is 2. The van der Waals surface area contributed by atoms with Crippen LogP contribution >= 0.6 is 0 Å². The first-order valence-corrected chi connectivity index (χ1v) is 11.4. The van der Waals surface area contributed by atoms with Crippen LogP contribution in [-0.4, -0.2) is 16.1 Å². The van der Waals surface area contributed by atoms with E-state index >= 15 is 0 Å². The van der Waals surface area contributed by atoms with E-state index in [0.29, 0.717) is 0 Å². The molecule has 0 fully saturated rings. The van der Waals surface area contributed by atoms with E-state index in [9.17, 15) is 0 Å². The normalized spacial score (nSPS) is 12.0. The van der Waals surface area contributed by atoms with Gasteiger partial charge in [0.1, 0.15) is 0 Å². The average molecular weight is 403 g/mol. The molecule has 0 saturated heterocycles. The lowest BCUT2D eigenvalue weighted by Gasteiger charge is -2.14. The van der Waals surface area contributed by atoms with Crippen LogP contribution in [0.4, 0.5) is 0 Å². The summed E-state index contributed by atoms with van der Waals surface area (Å²) in [5, 5.41) is 0. The summed E-state index contributed by atoms with van der Waals surface area (Å²) in [5.74, 6) is 1.47. The van der Waals surface area contributed by atoms with Crippen molar-refractivity contribution in [3.05, 3.63) is 66.5 Å². The van der Waals surface area contributed by atoms with Gasteiger partial charge in [0.2, 0.25) is 0 Å². The number of unbranched alkanes of at least 4 members (excludes halogenated alkanes) is 3. The molecule has 1 atom stereocenters. The van der Waals surface area contributed by atoms with E-state index in [1.165, 1.54) is 48.8 Å². The van der Waals surface area contributed by atoms with Gasteiger partial charge in [0.05, 0.1) is 18.5 Å². The molecule has 2 aromatic carbocycles. The predicted molar refractivity (Wildman–Crippen MR) is 126 cm³/mol. The Kier molecular flexibility index (Phi) is 8.43. The summed E-state index contributed by atoms with van der Waals surface area (Å²) in [4.78, 5) is 9.02. The van der Waals surface area contributed by atoms with Crippen LogP contribution in [0, 0.1) is 0 Å². The minimum absolute atomic E-state index is 0.194. The van der Waals surface area contributed by atoms with Gasteiger partial charge in [-0.15, -0.1) is 0 Å². The SMILES string of the molecule is CCCCCC[C@H](C)Oc1cnc(-c2ccc(-c3ccc(CCC)cc3)cc2)nc1. The highest BCUT2D eigenvalue weighted by Gasteiger charge is 2.07. The number of benzene rings is 2. The molecule has 158 valence electrons. The van der Waals surface area contributed by atoms with Crippen LogP contribution in [0.1, 0.15) is 64.9 Å². The van der Waals surface area contributed by atoms with Crippen LogP contribution in [-0.2, 0) is 6.42 Å². The maximum absolute atomic E-state index is 5.96. The Morgan fingerprint density at radius 2 is 1.33 bits per heavy atom. The molecule has 3 aromatic rings. The molecule has 0 spiro atoms. The third-order valence-electron chi connectivity index (χ3n) is 5.40. The molecule has 0 saturated carbocycles. The van der Waals surface area contributed by atoms with Crippen molar-refractivity contribution in [3.8, 4) is 28.3 Å². The summed E-state index contributed by atoms with van der Waals surface area (Å²) in [7, 11) is 0. The number of aryl methyl sites for hydroxylation is 1. The van der Waals surface area contributed by atoms with Crippen LogP contribution in [0.3, 0.4) is 0 Å². The molecule has 1 heterocycles. The standard InChI is InChI=1S/C27H34N2O/c1-4-6-7-8-10-21(3)30-26-19-28-27(29-20-26)25-17-15-24(16-18-25)23-13-11-22(9-5-2)12-14-23/h11-21H,4-10H2,1-3H3/t21-/m0/s1. The Morgan fingerprint density at radius 1 is 0.733 bits per heavy atom. The average Bonchev–Trinajstić information content (AvgIpc) is 2.78. The summed E-state index contributed by atoms with van der Waals surface area (Å²) in [6, 6.07) is 17.3. The maximum Gasteiger partial charge on any atom is 0.159 e. The van der Waals surface area contributed by atoms with Gasteiger partial charge in [-0.1, -0.05) is 88.1 Å². The van der Waals surface area contributed by atoms with Gasteiger partial charge in [0.15, 0.2) is 11.6 Å². The maximum atomic E-state index is 5.96. The first kappa shape index (κ1) is 22.0. The number of hydrogen-bond donors (Lipinski definition) is 0. The molecular formula is C27H34N2O. The van der Waals surface area contributed by atoms with Crippen molar-refractivity contribution in [2.75, 3.05) is 0 Å². The number of nitrogens with zero attached hydrogens (tertiary/aromatic N) is 2. The van der Waals surface area contributed by atoms with Crippen LogP contribution < -0.4 is 4.74 Å².